The van der Waals surface area contributed by atoms with Gasteiger partial charge in [-0.05, 0) is 69.2 Å². The van der Waals surface area contributed by atoms with Gasteiger partial charge in [0.25, 0.3) is 5.91 Å². The molecular formula is C27H31BrN4O2. The maximum Gasteiger partial charge on any atom is 0.254 e. The van der Waals surface area contributed by atoms with Crippen LogP contribution in [0.15, 0.2) is 59.3 Å². The van der Waals surface area contributed by atoms with Gasteiger partial charge in [0.15, 0.2) is 0 Å². The maximum absolute atomic E-state index is 13.9. The van der Waals surface area contributed by atoms with Gasteiger partial charge < -0.3 is 20.3 Å². The number of rotatable bonds is 4. The first kappa shape index (κ1) is 23.0. The first-order valence-electron chi connectivity index (χ1n) is 11.6. The molecule has 0 aliphatic carbocycles. The minimum atomic E-state index is -0.778. The van der Waals surface area contributed by atoms with E-state index in [2.05, 4.69) is 70.6 Å². The lowest BCUT2D eigenvalue weighted by Gasteiger charge is -2.44. The molecule has 3 aromatic rings. The predicted octanol–water partition coefficient (Wildman–Crippen LogP) is 5.04. The van der Waals surface area contributed by atoms with Crippen molar-refractivity contribution in [2.24, 2.45) is 0 Å². The highest BCUT2D eigenvalue weighted by atomic mass is 79.9. The number of nitrogens with one attached hydrogen (secondary N) is 2. The number of aromatic amines is 1. The summed E-state index contributed by atoms with van der Waals surface area (Å²) in [6.07, 6.45) is 0.579. The summed E-state index contributed by atoms with van der Waals surface area (Å²) < 4.78 is 1.00. The smallest absolute Gasteiger partial charge is 0.254 e. The van der Waals surface area contributed by atoms with Gasteiger partial charge in [-0.2, -0.15) is 0 Å². The normalized spacial score (nSPS) is 22.4. The highest BCUT2D eigenvalue weighted by molar-refractivity contribution is 9.10. The Morgan fingerprint density at radius 2 is 2.03 bits per heavy atom. The quantitative estimate of drug-likeness (QED) is 0.448. The molecule has 0 unspecified atom stereocenters. The molecule has 0 saturated carbocycles. The molecule has 2 atom stereocenters. The number of hydrogen-bond donors (Lipinski definition) is 3. The predicted molar refractivity (Wildman–Crippen MR) is 139 cm³/mol. The van der Waals surface area contributed by atoms with E-state index in [4.69, 9.17) is 0 Å². The second-order valence-corrected chi connectivity index (χ2v) is 11.5. The van der Waals surface area contributed by atoms with E-state index in [1.807, 2.05) is 30.0 Å². The fourth-order valence-corrected chi connectivity index (χ4v) is 5.80. The van der Waals surface area contributed by atoms with Crippen LogP contribution in [0.1, 0.15) is 50.6 Å². The Bertz CT molecular complexity index is 1310. The first-order chi connectivity index (χ1) is 16.0. The maximum atomic E-state index is 13.9. The van der Waals surface area contributed by atoms with Crippen molar-refractivity contribution < 1.29 is 9.90 Å². The van der Waals surface area contributed by atoms with Gasteiger partial charge in [-0.25, -0.2) is 0 Å². The van der Waals surface area contributed by atoms with Gasteiger partial charge in [0, 0.05) is 46.1 Å². The van der Waals surface area contributed by atoms with E-state index in [1.165, 1.54) is 0 Å². The largest absolute Gasteiger partial charge is 0.508 e. The summed E-state index contributed by atoms with van der Waals surface area (Å²) in [6.45, 7) is 14.0. The number of benzene rings is 2. The molecule has 1 saturated heterocycles. The Hall–Kier alpha value is -2.77. The molecule has 3 N–H and O–H groups in total. The summed E-state index contributed by atoms with van der Waals surface area (Å²) in [6, 6.07) is 13.2. The van der Waals surface area contributed by atoms with E-state index in [0.717, 1.165) is 32.2 Å². The summed E-state index contributed by atoms with van der Waals surface area (Å²) in [4.78, 5) is 21.5. The number of nitrogens with zero attached hydrogens (tertiary/aromatic N) is 2. The van der Waals surface area contributed by atoms with Crippen LogP contribution in [-0.4, -0.2) is 50.0 Å². The van der Waals surface area contributed by atoms with E-state index in [9.17, 15) is 9.90 Å². The Morgan fingerprint density at radius 3 is 2.74 bits per heavy atom. The lowest BCUT2D eigenvalue weighted by Crippen LogP contribution is -2.52. The molecule has 0 bridgehead atoms. The van der Waals surface area contributed by atoms with Crippen molar-refractivity contribution in [1.29, 1.82) is 0 Å². The first-order valence-corrected chi connectivity index (χ1v) is 12.4. The summed E-state index contributed by atoms with van der Waals surface area (Å²) in [5, 5.41) is 14.9. The molecule has 1 aromatic heterocycles. The highest BCUT2D eigenvalue weighted by Gasteiger charge is 2.57. The Labute approximate surface area is 208 Å². The average Bonchev–Trinajstić information content (AvgIpc) is 3.19. The summed E-state index contributed by atoms with van der Waals surface area (Å²) in [7, 11) is 0. The topological polar surface area (TPSA) is 71.6 Å². The van der Waals surface area contributed by atoms with Crippen molar-refractivity contribution in [3.05, 3.63) is 76.2 Å². The number of halogens is 1. The van der Waals surface area contributed by atoms with Gasteiger partial charge in [0.2, 0.25) is 0 Å². The molecule has 0 spiro atoms. The van der Waals surface area contributed by atoms with E-state index in [-0.39, 0.29) is 23.2 Å². The second kappa shape index (κ2) is 7.89. The molecule has 2 aromatic carbocycles. The SMILES string of the molecule is C=C1N(CCNC(C)(C)C)C(=O)[C@]2(C)Cc3c([nH]c4ccc(Br)cc34)[C@@H](c3cccc(O)c3)N12. The minimum absolute atomic E-state index is 0.0328. The zero-order valence-corrected chi connectivity index (χ0v) is 21.7. The highest BCUT2D eigenvalue weighted by Crippen LogP contribution is 2.51. The number of H-pyrrole nitrogens is 1. The Balaban J connectivity index is 1.64. The summed E-state index contributed by atoms with van der Waals surface area (Å²) in [5.74, 6) is 0.961. The van der Waals surface area contributed by atoms with Gasteiger partial charge in [0.1, 0.15) is 17.1 Å². The van der Waals surface area contributed by atoms with Crippen molar-refractivity contribution in [2.75, 3.05) is 13.1 Å². The third-order valence-electron chi connectivity index (χ3n) is 6.96. The lowest BCUT2D eigenvalue weighted by molar-refractivity contribution is -0.133. The molecule has 2 aliphatic rings. The van der Waals surface area contributed by atoms with Crippen LogP contribution in [0.4, 0.5) is 0 Å². The van der Waals surface area contributed by atoms with Gasteiger partial charge in [0.05, 0.1) is 6.04 Å². The standard InChI is InChI=1S/C27H31BrN4O2/c1-16-31(12-11-29-26(2,3)4)25(34)27(5)15-21-20-14-18(28)9-10-22(20)30-23(21)24(32(16)27)17-7-6-8-19(33)13-17/h6-10,13-14,24,29-30,33H,1,11-12,15H2,2-5H3/t24-,27+/m1/s1. The molecule has 1 fully saturated rings. The van der Waals surface area contributed by atoms with Crippen LogP contribution >= 0.6 is 15.9 Å². The number of carbonyl (C=O) groups is 1. The molecule has 6 nitrogen and oxygen atoms in total. The number of amides is 1. The van der Waals surface area contributed by atoms with Crippen LogP contribution in [0.2, 0.25) is 0 Å². The molecule has 178 valence electrons. The second-order valence-electron chi connectivity index (χ2n) is 10.6. The fraction of sp³-hybridized carbons (Fsp3) is 0.370. The number of hydrogen-bond acceptors (Lipinski definition) is 4. The molecule has 0 radical (unpaired) electrons. The molecule has 5 rings (SSSR count). The summed E-state index contributed by atoms with van der Waals surface area (Å²) >= 11 is 3.61. The molecule has 1 amide bonds. The molecule has 7 heteroatoms. The molecular weight excluding hydrogens is 492 g/mol. The zero-order valence-electron chi connectivity index (χ0n) is 20.1. The molecule has 34 heavy (non-hydrogen) atoms. The number of fused-ring (bicyclic) bond motifs is 4. The van der Waals surface area contributed by atoms with Gasteiger partial charge in [-0.15, -0.1) is 0 Å². The van der Waals surface area contributed by atoms with E-state index < -0.39 is 5.54 Å². The van der Waals surface area contributed by atoms with E-state index >= 15 is 0 Å². The van der Waals surface area contributed by atoms with Gasteiger partial charge >= 0.3 is 0 Å². The summed E-state index contributed by atoms with van der Waals surface area (Å²) in [5.41, 5.74) is 3.32. The van der Waals surface area contributed by atoms with E-state index in [0.29, 0.717) is 25.3 Å². The third kappa shape index (κ3) is 3.62. The van der Waals surface area contributed by atoms with Crippen LogP contribution in [0, 0.1) is 0 Å². The third-order valence-corrected chi connectivity index (χ3v) is 7.45. The van der Waals surface area contributed by atoms with E-state index in [1.54, 1.807) is 12.1 Å². The number of phenols is 1. The average molecular weight is 523 g/mol. The molecule has 2 aliphatic heterocycles. The molecule has 3 heterocycles. The van der Waals surface area contributed by atoms with Crippen LogP contribution in [0.25, 0.3) is 10.9 Å². The van der Waals surface area contributed by atoms with Crippen molar-refractivity contribution in [3.8, 4) is 5.75 Å². The Kier molecular flexibility index (Phi) is 5.33. The number of carbonyl (C=O) groups excluding carboxylic acids is 1. The van der Waals surface area contributed by atoms with Gasteiger partial charge in [-0.3, -0.25) is 9.69 Å². The van der Waals surface area contributed by atoms with Crippen LogP contribution in [0.3, 0.4) is 0 Å². The minimum Gasteiger partial charge on any atom is -0.508 e. The number of aromatic hydroxyl groups is 1. The lowest BCUT2D eigenvalue weighted by atomic mass is 9.81. The van der Waals surface area contributed by atoms with Crippen molar-refractivity contribution in [2.45, 2.75) is 51.2 Å². The zero-order chi connectivity index (χ0) is 24.4. The van der Waals surface area contributed by atoms with Crippen LogP contribution in [0.5, 0.6) is 5.75 Å². The fourth-order valence-electron chi connectivity index (χ4n) is 5.44. The Morgan fingerprint density at radius 1 is 1.26 bits per heavy atom. The number of aromatic nitrogens is 1. The number of phenolic OH excluding ortho intramolecular Hbond substituents is 1. The van der Waals surface area contributed by atoms with Crippen LogP contribution < -0.4 is 5.32 Å². The van der Waals surface area contributed by atoms with Crippen molar-refractivity contribution in [3.63, 3.8) is 0 Å². The monoisotopic (exact) mass is 522 g/mol. The van der Waals surface area contributed by atoms with Crippen molar-refractivity contribution in [1.82, 2.24) is 20.1 Å². The van der Waals surface area contributed by atoms with Gasteiger partial charge in [-0.1, -0.05) is 34.6 Å². The van der Waals surface area contributed by atoms with Crippen LogP contribution in [-0.2, 0) is 11.2 Å². The van der Waals surface area contributed by atoms with Crippen molar-refractivity contribution >= 4 is 32.7 Å².